The number of nitrogens with zero attached hydrogens (tertiary/aromatic N) is 2. The molecule has 0 saturated heterocycles. The van der Waals surface area contributed by atoms with Crippen LogP contribution in [0.4, 0.5) is 0 Å². The summed E-state index contributed by atoms with van der Waals surface area (Å²) in [6.45, 7) is 8.56. The van der Waals surface area contributed by atoms with Gasteiger partial charge in [0.2, 0.25) is 0 Å². The van der Waals surface area contributed by atoms with Crippen molar-refractivity contribution in [1.82, 2.24) is 9.80 Å². The van der Waals surface area contributed by atoms with Crippen molar-refractivity contribution < 1.29 is 4.74 Å². The Labute approximate surface area is 145 Å². The van der Waals surface area contributed by atoms with Gasteiger partial charge >= 0.3 is 0 Å². The summed E-state index contributed by atoms with van der Waals surface area (Å²) in [5.74, 6) is 0.760. The molecule has 0 N–H and O–H groups in total. The van der Waals surface area contributed by atoms with Crippen LogP contribution in [-0.2, 0) is 5.41 Å². The van der Waals surface area contributed by atoms with E-state index >= 15 is 0 Å². The van der Waals surface area contributed by atoms with E-state index in [0.29, 0.717) is 5.17 Å². The van der Waals surface area contributed by atoms with Crippen molar-refractivity contribution in [3.8, 4) is 5.75 Å². The molecule has 0 unspecified atom stereocenters. The Morgan fingerprint density at radius 2 is 1.55 bits per heavy atom. The van der Waals surface area contributed by atoms with Crippen LogP contribution >= 0.6 is 24.4 Å². The van der Waals surface area contributed by atoms with Crippen molar-refractivity contribution in [2.24, 2.45) is 0 Å². The van der Waals surface area contributed by atoms with Gasteiger partial charge in [-0.1, -0.05) is 39.1 Å². The summed E-state index contributed by atoms with van der Waals surface area (Å²) >= 11 is 10.9. The van der Waals surface area contributed by atoms with Crippen molar-refractivity contribution in [2.45, 2.75) is 33.1 Å². The molecule has 0 radical (unpaired) electrons. The molecule has 1 rings (SSSR count). The lowest BCUT2D eigenvalue weighted by molar-refractivity contribution is 0.433. The first-order valence-corrected chi connectivity index (χ1v) is 8.02. The molecule has 22 heavy (non-hydrogen) atoms. The first-order valence-electron chi connectivity index (χ1n) is 7.21. The lowest BCUT2D eigenvalue weighted by Gasteiger charge is -2.28. The Morgan fingerprint density at radius 3 is 1.95 bits per heavy atom. The Balaban J connectivity index is 3.58. The second kappa shape index (κ2) is 6.92. The van der Waals surface area contributed by atoms with Crippen molar-refractivity contribution in [3.05, 3.63) is 28.8 Å². The maximum atomic E-state index is 6.03. The van der Waals surface area contributed by atoms with E-state index in [1.54, 1.807) is 4.90 Å². The van der Waals surface area contributed by atoms with Crippen LogP contribution in [0.5, 0.6) is 5.75 Å². The molecule has 0 fully saturated rings. The largest absolute Gasteiger partial charge is 0.431 e. The van der Waals surface area contributed by atoms with E-state index in [0.717, 1.165) is 27.4 Å². The molecule has 1 aromatic carbocycles. The van der Waals surface area contributed by atoms with Crippen LogP contribution in [0.3, 0.4) is 0 Å². The number of rotatable bonds is 2. The average Bonchev–Trinajstić information content (AvgIpc) is 2.37. The number of hydrogen-bond acceptors (Lipinski definition) is 3. The lowest BCUT2D eigenvalue weighted by atomic mass is 9.84. The molecule has 5 heteroatoms. The standard InChI is InChI=1S/C17H26N2OS2/c1-11-9-12(15(21)18(5)6)14(20-16(22)19(7)8)13(10-11)17(2,3)4/h9-10H,1-8H3. The van der Waals surface area contributed by atoms with Crippen molar-refractivity contribution in [1.29, 1.82) is 0 Å². The first kappa shape index (κ1) is 18.8. The van der Waals surface area contributed by atoms with Crippen LogP contribution in [0.15, 0.2) is 12.1 Å². The van der Waals surface area contributed by atoms with Gasteiger partial charge in [-0.15, -0.1) is 0 Å². The second-order valence-electron chi connectivity index (χ2n) is 6.90. The molecule has 0 amide bonds. The summed E-state index contributed by atoms with van der Waals surface area (Å²) in [5, 5.41) is 0.428. The summed E-state index contributed by atoms with van der Waals surface area (Å²) in [6, 6.07) is 4.21. The van der Waals surface area contributed by atoms with Gasteiger partial charge in [0.15, 0.2) is 0 Å². The molecule has 0 heterocycles. The molecule has 3 nitrogen and oxygen atoms in total. The van der Waals surface area contributed by atoms with Gasteiger partial charge in [-0.05, 0) is 36.2 Å². The minimum atomic E-state index is -0.0695. The topological polar surface area (TPSA) is 15.7 Å². The number of aryl methyl sites for hydroxylation is 1. The quantitative estimate of drug-likeness (QED) is 0.761. The summed E-state index contributed by atoms with van der Waals surface area (Å²) in [7, 11) is 7.62. The fourth-order valence-electron chi connectivity index (χ4n) is 2.02. The normalized spacial score (nSPS) is 11.1. The summed E-state index contributed by atoms with van der Waals surface area (Å²) < 4.78 is 6.03. The molecular weight excluding hydrogens is 312 g/mol. The zero-order valence-corrected chi connectivity index (χ0v) is 16.4. The SMILES string of the molecule is Cc1cc(C(=S)N(C)C)c(OC(=S)N(C)C)c(C(C)(C)C)c1. The fourth-order valence-corrected chi connectivity index (χ4v) is 2.25. The third-order valence-corrected chi connectivity index (χ3v) is 4.27. The monoisotopic (exact) mass is 338 g/mol. The second-order valence-corrected chi connectivity index (χ2v) is 7.64. The van der Waals surface area contributed by atoms with Gasteiger partial charge in [0.1, 0.15) is 10.7 Å². The van der Waals surface area contributed by atoms with Crippen molar-refractivity contribution in [2.75, 3.05) is 28.2 Å². The molecule has 1 aromatic rings. The average molecular weight is 339 g/mol. The van der Waals surface area contributed by atoms with E-state index in [2.05, 4.69) is 39.8 Å². The predicted octanol–water partition coefficient (Wildman–Crippen LogP) is 3.75. The molecule has 0 atom stereocenters. The van der Waals surface area contributed by atoms with Gasteiger partial charge in [0.05, 0.1) is 5.56 Å². The van der Waals surface area contributed by atoms with Crippen LogP contribution in [0.25, 0.3) is 0 Å². The predicted molar refractivity (Wildman–Crippen MR) is 102 cm³/mol. The Hall–Kier alpha value is -1.20. The van der Waals surface area contributed by atoms with Gasteiger partial charge in [-0.25, -0.2) is 0 Å². The molecule has 0 saturated carbocycles. The summed E-state index contributed by atoms with van der Waals surface area (Å²) in [5.41, 5.74) is 3.11. The minimum Gasteiger partial charge on any atom is -0.431 e. The molecule has 0 aromatic heterocycles. The first-order chi connectivity index (χ1) is 9.95. The minimum absolute atomic E-state index is 0.0695. The van der Waals surface area contributed by atoms with Crippen LogP contribution in [0.1, 0.15) is 37.5 Å². The lowest BCUT2D eigenvalue weighted by Crippen LogP contribution is -2.29. The highest BCUT2D eigenvalue weighted by Gasteiger charge is 2.25. The van der Waals surface area contributed by atoms with Crippen LogP contribution < -0.4 is 4.74 Å². The van der Waals surface area contributed by atoms with Gasteiger partial charge in [-0.3, -0.25) is 0 Å². The number of ether oxygens (including phenoxy) is 1. The Morgan fingerprint density at radius 1 is 1.00 bits per heavy atom. The van der Waals surface area contributed by atoms with Crippen molar-refractivity contribution in [3.63, 3.8) is 0 Å². The van der Waals surface area contributed by atoms with Crippen molar-refractivity contribution >= 4 is 34.6 Å². The highest BCUT2D eigenvalue weighted by atomic mass is 32.1. The summed E-state index contributed by atoms with van der Waals surface area (Å²) in [6.07, 6.45) is 0. The highest BCUT2D eigenvalue weighted by molar-refractivity contribution is 7.80. The number of hydrogen-bond donors (Lipinski definition) is 0. The molecule has 0 bridgehead atoms. The van der Waals surface area contributed by atoms with E-state index in [1.165, 1.54) is 0 Å². The number of benzene rings is 1. The summed E-state index contributed by atoms with van der Waals surface area (Å²) in [4.78, 5) is 4.44. The van der Waals surface area contributed by atoms with Crippen LogP contribution in [0.2, 0.25) is 0 Å². The maximum absolute atomic E-state index is 6.03. The van der Waals surface area contributed by atoms with E-state index in [1.807, 2.05) is 33.1 Å². The number of thiocarbonyl (C=S) groups is 2. The zero-order valence-electron chi connectivity index (χ0n) is 14.8. The third-order valence-electron chi connectivity index (χ3n) is 3.23. The van der Waals surface area contributed by atoms with Gasteiger partial charge < -0.3 is 14.5 Å². The van der Waals surface area contributed by atoms with E-state index in [4.69, 9.17) is 29.2 Å². The smallest absolute Gasteiger partial charge is 0.264 e. The molecule has 122 valence electrons. The van der Waals surface area contributed by atoms with Gasteiger partial charge in [-0.2, -0.15) is 0 Å². The highest BCUT2D eigenvalue weighted by Crippen LogP contribution is 2.36. The zero-order chi connectivity index (χ0) is 17.2. The van der Waals surface area contributed by atoms with Gasteiger partial charge in [0.25, 0.3) is 5.17 Å². The third kappa shape index (κ3) is 4.40. The molecular formula is C17H26N2OS2. The molecule has 0 aliphatic carbocycles. The maximum Gasteiger partial charge on any atom is 0.264 e. The van der Waals surface area contributed by atoms with E-state index < -0.39 is 0 Å². The Bertz CT molecular complexity index is 587. The molecule has 0 spiro atoms. The van der Waals surface area contributed by atoms with Crippen LogP contribution in [-0.4, -0.2) is 48.2 Å². The van der Waals surface area contributed by atoms with Crippen LogP contribution in [0, 0.1) is 6.92 Å². The Kier molecular flexibility index (Phi) is 5.93. The van der Waals surface area contributed by atoms with E-state index in [-0.39, 0.29) is 5.41 Å². The van der Waals surface area contributed by atoms with E-state index in [9.17, 15) is 0 Å². The van der Waals surface area contributed by atoms with Gasteiger partial charge in [0, 0.05) is 33.8 Å². The fraction of sp³-hybridized carbons (Fsp3) is 0.529. The molecule has 0 aliphatic rings. The molecule has 0 aliphatic heterocycles.